The molecule has 1 atom stereocenters. The van der Waals surface area contributed by atoms with Crippen LogP contribution in [-0.2, 0) is 0 Å². The summed E-state index contributed by atoms with van der Waals surface area (Å²) in [7, 11) is 0. The maximum Gasteiger partial charge on any atom is -0.00721 e. The van der Waals surface area contributed by atoms with Gasteiger partial charge in [0, 0.05) is 0 Å². The molecule has 0 aromatic rings. The van der Waals surface area contributed by atoms with E-state index in [0.29, 0.717) is 11.3 Å². The van der Waals surface area contributed by atoms with Crippen molar-refractivity contribution in [1.82, 2.24) is 0 Å². The van der Waals surface area contributed by atoms with Crippen LogP contribution in [0.25, 0.3) is 0 Å². The molecule has 0 bridgehead atoms. The second kappa shape index (κ2) is 4.73. The SMILES string of the molecule is CC(CCN)C(C)(C)CCN. The molecule has 0 saturated carbocycles. The van der Waals surface area contributed by atoms with Crippen LogP contribution in [0.2, 0.25) is 0 Å². The van der Waals surface area contributed by atoms with Crippen LogP contribution < -0.4 is 11.5 Å². The smallest absolute Gasteiger partial charge is 0.00721 e. The molecule has 2 heteroatoms. The Morgan fingerprint density at radius 3 is 2.09 bits per heavy atom. The molecule has 0 rings (SSSR count). The number of hydrogen-bond donors (Lipinski definition) is 2. The summed E-state index contributed by atoms with van der Waals surface area (Å²) < 4.78 is 0. The van der Waals surface area contributed by atoms with Gasteiger partial charge in [0.25, 0.3) is 0 Å². The van der Waals surface area contributed by atoms with E-state index in [2.05, 4.69) is 20.8 Å². The molecule has 68 valence electrons. The fraction of sp³-hybridized carbons (Fsp3) is 1.00. The van der Waals surface area contributed by atoms with Gasteiger partial charge in [0.1, 0.15) is 0 Å². The van der Waals surface area contributed by atoms with E-state index in [1.54, 1.807) is 0 Å². The molecule has 0 aliphatic carbocycles. The molecule has 11 heavy (non-hydrogen) atoms. The minimum absolute atomic E-state index is 0.355. The second-order valence-corrected chi connectivity index (χ2v) is 4.01. The minimum Gasteiger partial charge on any atom is -0.330 e. The predicted molar refractivity (Wildman–Crippen MR) is 50.3 cm³/mol. The first kappa shape index (κ1) is 10.9. The molecular weight excluding hydrogens is 136 g/mol. The van der Waals surface area contributed by atoms with Gasteiger partial charge in [-0.3, -0.25) is 0 Å². The molecular formula is C9H22N2. The molecule has 1 unspecified atom stereocenters. The molecule has 0 amide bonds. The van der Waals surface area contributed by atoms with Crippen LogP contribution in [-0.4, -0.2) is 13.1 Å². The van der Waals surface area contributed by atoms with Crippen molar-refractivity contribution < 1.29 is 0 Å². The average molecular weight is 158 g/mol. The number of rotatable bonds is 5. The summed E-state index contributed by atoms with van der Waals surface area (Å²) in [6.45, 7) is 8.35. The zero-order valence-electron chi connectivity index (χ0n) is 8.06. The van der Waals surface area contributed by atoms with Crippen molar-refractivity contribution in [3.63, 3.8) is 0 Å². The van der Waals surface area contributed by atoms with Crippen molar-refractivity contribution in [2.24, 2.45) is 22.8 Å². The van der Waals surface area contributed by atoms with Crippen LogP contribution in [0.1, 0.15) is 33.6 Å². The van der Waals surface area contributed by atoms with E-state index < -0.39 is 0 Å². The quantitative estimate of drug-likeness (QED) is 0.634. The third-order valence-corrected chi connectivity index (χ3v) is 2.72. The minimum atomic E-state index is 0.355. The number of hydrogen-bond acceptors (Lipinski definition) is 2. The molecule has 0 fully saturated rings. The topological polar surface area (TPSA) is 52.0 Å². The molecule has 0 spiro atoms. The summed E-state index contributed by atoms with van der Waals surface area (Å²) in [4.78, 5) is 0. The Morgan fingerprint density at radius 1 is 1.18 bits per heavy atom. The van der Waals surface area contributed by atoms with Gasteiger partial charge in [-0.2, -0.15) is 0 Å². The van der Waals surface area contributed by atoms with Gasteiger partial charge in [0.15, 0.2) is 0 Å². The molecule has 2 nitrogen and oxygen atoms in total. The predicted octanol–water partition coefficient (Wildman–Crippen LogP) is 1.35. The highest BCUT2D eigenvalue weighted by molar-refractivity contribution is 4.75. The maximum atomic E-state index is 5.52. The summed E-state index contributed by atoms with van der Waals surface area (Å²) in [5.74, 6) is 0.677. The summed E-state index contributed by atoms with van der Waals surface area (Å²) in [6.07, 6.45) is 2.20. The standard InChI is InChI=1S/C9H22N2/c1-8(4-6-10)9(2,3)5-7-11/h8H,4-7,10-11H2,1-3H3. The van der Waals surface area contributed by atoms with Gasteiger partial charge in [-0.15, -0.1) is 0 Å². The lowest BCUT2D eigenvalue weighted by Gasteiger charge is -2.31. The van der Waals surface area contributed by atoms with E-state index in [4.69, 9.17) is 11.5 Å². The highest BCUT2D eigenvalue weighted by Crippen LogP contribution is 2.31. The Bertz CT molecular complexity index is 99.7. The van der Waals surface area contributed by atoms with Crippen LogP contribution in [0.5, 0.6) is 0 Å². The van der Waals surface area contributed by atoms with E-state index in [-0.39, 0.29) is 0 Å². The molecule has 0 saturated heterocycles. The van der Waals surface area contributed by atoms with Gasteiger partial charge in [0.05, 0.1) is 0 Å². The average Bonchev–Trinajstić information content (AvgIpc) is 1.88. The summed E-state index contributed by atoms with van der Waals surface area (Å²) in [6, 6.07) is 0. The van der Waals surface area contributed by atoms with Crippen molar-refractivity contribution in [3.05, 3.63) is 0 Å². The van der Waals surface area contributed by atoms with Gasteiger partial charge >= 0.3 is 0 Å². The van der Waals surface area contributed by atoms with E-state index >= 15 is 0 Å². The highest BCUT2D eigenvalue weighted by atomic mass is 14.6. The first-order valence-corrected chi connectivity index (χ1v) is 4.44. The zero-order chi connectivity index (χ0) is 8.91. The lowest BCUT2D eigenvalue weighted by Crippen LogP contribution is -2.26. The molecule has 4 N–H and O–H groups in total. The van der Waals surface area contributed by atoms with Gasteiger partial charge in [-0.1, -0.05) is 20.8 Å². The molecule has 0 radical (unpaired) electrons. The Morgan fingerprint density at radius 2 is 1.73 bits per heavy atom. The first-order chi connectivity index (χ1) is 5.04. The lowest BCUT2D eigenvalue weighted by molar-refractivity contribution is 0.206. The third kappa shape index (κ3) is 3.73. The summed E-state index contributed by atoms with van der Waals surface area (Å²) in [5.41, 5.74) is 11.4. The third-order valence-electron chi connectivity index (χ3n) is 2.72. The summed E-state index contributed by atoms with van der Waals surface area (Å²) >= 11 is 0. The normalized spacial score (nSPS) is 15.0. The molecule has 0 aromatic heterocycles. The van der Waals surface area contributed by atoms with E-state index in [1.807, 2.05) is 0 Å². The Kier molecular flexibility index (Phi) is 4.69. The van der Waals surface area contributed by atoms with Crippen molar-refractivity contribution in [1.29, 1.82) is 0 Å². The molecule has 0 aliphatic rings. The van der Waals surface area contributed by atoms with E-state index in [9.17, 15) is 0 Å². The fourth-order valence-electron chi connectivity index (χ4n) is 1.26. The molecule has 0 aliphatic heterocycles. The van der Waals surface area contributed by atoms with Gasteiger partial charge in [-0.05, 0) is 37.3 Å². The van der Waals surface area contributed by atoms with Crippen LogP contribution in [0.4, 0.5) is 0 Å². The summed E-state index contributed by atoms with van der Waals surface area (Å²) in [5, 5.41) is 0. The van der Waals surface area contributed by atoms with Crippen LogP contribution >= 0.6 is 0 Å². The van der Waals surface area contributed by atoms with Crippen molar-refractivity contribution >= 4 is 0 Å². The second-order valence-electron chi connectivity index (χ2n) is 4.01. The maximum absolute atomic E-state index is 5.52. The zero-order valence-corrected chi connectivity index (χ0v) is 8.06. The van der Waals surface area contributed by atoms with Gasteiger partial charge < -0.3 is 11.5 Å². The van der Waals surface area contributed by atoms with Gasteiger partial charge in [0.2, 0.25) is 0 Å². The van der Waals surface area contributed by atoms with E-state index in [1.165, 1.54) is 0 Å². The molecule has 0 aromatic carbocycles. The Balaban J connectivity index is 3.83. The van der Waals surface area contributed by atoms with E-state index in [0.717, 1.165) is 25.9 Å². The number of nitrogens with two attached hydrogens (primary N) is 2. The highest BCUT2D eigenvalue weighted by Gasteiger charge is 2.23. The largest absolute Gasteiger partial charge is 0.330 e. The Hall–Kier alpha value is -0.0800. The van der Waals surface area contributed by atoms with Crippen LogP contribution in [0, 0.1) is 11.3 Å². The fourth-order valence-corrected chi connectivity index (χ4v) is 1.26. The van der Waals surface area contributed by atoms with Crippen molar-refractivity contribution in [3.8, 4) is 0 Å². The van der Waals surface area contributed by atoms with Crippen LogP contribution in [0.3, 0.4) is 0 Å². The Labute approximate surface area is 70.3 Å². The van der Waals surface area contributed by atoms with Crippen molar-refractivity contribution in [2.45, 2.75) is 33.6 Å². The van der Waals surface area contributed by atoms with Crippen LogP contribution in [0.15, 0.2) is 0 Å². The molecule has 0 heterocycles. The van der Waals surface area contributed by atoms with Gasteiger partial charge in [-0.25, -0.2) is 0 Å². The first-order valence-electron chi connectivity index (χ1n) is 4.44. The van der Waals surface area contributed by atoms with Crippen molar-refractivity contribution in [2.75, 3.05) is 13.1 Å². The lowest BCUT2D eigenvalue weighted by atomic mass is 9.76. The monoisotopic (exact) mass is 158 g/mol.